The first-order valence-electron chi connectivity index (χ1n) is 10.6. The maximum absolute atomic E-state index is 10.6. The van der Waals surface area contributed by atoms with E-state index in [9.17, 15) is 26.3 Å². The van der Waals surface area contributed by atoms with Crippen LogP contribution in [0.4, 0.5) is 26.3 Å². The number of aromatic nitrogens is 3. The highest BCUT2D eigenvalue weighted by Crippen LogP contribution is 2.16. The number of fused-ring (bicyclic) bond motifs is 1. The first-order chi connectivity index (χ1) is 17.1. The Bertz CT molecular complexity index is 942. The van der Waals surface area contributed by atoms with Gasteiger partial charge >= 0.3 is 24.3 Å². The Morgan fingerprint density at radius 1 is 1.05 bits per heavy atom. The largest absolute Gasteiger partial charge is 0.490 e. The number of rotatable bonds is 7. The topological polar surface area (TPSA) is 121 Å². The number of carboxylic acids is 2. The van der Waals surface area contributed by atoms with Crippen molar-refractivity contribution in [1.29, 1.82) is 0 Å². The number of carbonyl (C=O) groups is 2. The van der Waals surface area contributed by atoms with E-state index in [0.717, 1.165) is 57.4 Å². The van der Waals surface area contributed by atoms with Crippen LogP contribution in [-0.4, -0.2) is 99.4 Å². The van der Waals surface area contributed by atoms with Gasteiger partial charge in [-0.15, -0.1) is 21.5 Å². The van der Waals surface area contributed by atoms with Gasteiger partial charge in [-0.25, -0.2) is 9.59 Å². The van der Waals surface area contributed by atoms with Gasteiger partial charge in [-0.3, -0.25) is 4.90 Å². The van der Waals surface area contributed by atoms with Gasteiger partial charge in [0.15, 0.2) is 5.82 Å². The third-order valence-electron chi connectivity index (χ3n) is 4.55. The molecule has 0 bridgehead atoms. The zero-order chi connectivity index (χ0) is 28.2. The molecule has 2 aromatic heterocycles. The van der Waals surface area contributed by atoms with Crippen molar-refractivity contribution in [3.05, 3.63) is 34.0 Å². The van der Waals surface area contributed by atoms with Gasteiger partial charge in [0.2, 0.25) is 0 Å². The maximum Gasteiger partial charge on any atom is 0.490 e. The lowest BCUT2D eigenvalue weighted by Crippen LogP contribution is -2.26. The van der Waals surface area contributed by atoms with Crippen LogP contribution < -0.4 is 0 Å². The van der Waals surface area contributed by atoms with Gasteiger partial charge in [-0.05, 0) is 25.5 Å². The van der Waals surface area contributed by atoms with Crippen LogP contribution in [0.25, 0.3) is 0 Å². The molecule has 1 aliphatic heterocycles. The van der Waals surface area contributed by atoms with E-state index in [0.29, 0.717) is 6.61 Å². The summed E-state index contributed by atoms with van der Waals surface area (Å²) >= 11 is 1.83. The molecule has 3 heterocycles. The second-order valence-corrected chi connectivity index (χ2v) is 8.78. The van der Waals surface area contributed by atoms with Crippen molar-refractivity contribution in [2.45, 2.75) is 38.5 Å². The van der Waals surface area contributed by atoms with Crippen molar-refractivity contribution in [2.75, 3.05) is 40.3 Å². The second-order valence-electron chi connectivity index (χ2n) is 7.75. The minimum absolute atomic E-state index is 0.547. The average molecular weight is 564 g/mol. The summed E-state index contributed by atoms with van der Waals surface area (Å²) in [6.07, 6.45) is -9.21. The second kappa shape index (κ2) is 14.8. The summed E-state index contributed by atoms with van der Waals surface area (Å²) in [7, 11) is 4.10. The zero-order valence-electron chi connectivity index (χ0n) is 19.9. The van der Waals surface area contributed by atoms with E-state index in [1.807, 2.05) is 11.3 Å². The molecular weight excluding hydrogens is 536 g/mol. The van der Waals surface area contributed by atoms with E-state index in [2.05, 4.69) is 56.2 Å². The van der Waals surface area contributed by atoms with Crippen molar-refractivity contribution in [3.8, 4) is 0 Å². The molecule has 0 amide bonds. The zero-order valence-corrected chi connectivity index (χ0v) is 20.7. The number of hydrogen-bond acceptors (Lipinski definition) is 8. The molecule has 2 N–H and O–H groups in total. The Kier molecular flexibility index (Phi) is 12.9. The Labute approximate surface area is 212 Å². The van der Waals surface area contributed by atoms with Crippen LogP contribution in [0.15, 0.2) is 17.5 Å². The predicted molar refractivity (Wildman–Crippen MR) is 119 cm³/mol. The highest BCUT2D eigenvalue weighted by molar-refractivity contribution is 7.09. The molecule has 1 aliphatic rings. The van der Waals surface area contributed by atoms with Crippen molar-refractivity contribution in [1.82, 2.24) is 24.6 Å². The molecular formula is C20H27F6N5O5S. The van der Waals surface area contributed by atoms with Crippen LogP contribution in [0, 0.1) is 0 Å². The van der Waals surface area contributed by atoms with E-state index in [1.165, 1.54) is 4.88 Å². The lowest BCUT2D eigenvalue weighted by Gasteiger charge is -2.18. The summed E-state index contributed by atoms with van der Waals surface area (Å²) in [6.45, 7) is 6.25. The first kappa shape index (κ1) is 32.3. The van der Waals surface area contributed by atoms with Crippen molar-refractivity contribution >= 4 is 23.3 Å². The van der Waals surface area contributed by atoms with Gasteiger partial charge in [0.25, 0.3) is 0 Å². The van der Waals surface area contributed by atoms with E-state index in [1.54, 1.807) is 0 Å². The fourth-order valence-corrected chi connectivity index (χ4v) is 3.47. The molecule has 2 aromatic rings. The molecule has 3 rings (SSSR count). The van der Waals surface area contributed by atoms with Gasteiger partial charge in [-0.1, -0.05) is 6.07 Å². The fourth-order valence-electron chi connectivity index (χ4n) is 2.73. The highest BCUT2D eigenvalue weighted by atomic mass is 32.1. The standard InChI is InChI=1S/C16H25N5OS.2C2HF3O2/c1-19(2)9-10-22-13-16-18-17-15-5-6-20(7-8-21(15)16)12-14-4-3-11-23-14;2*3-2(4,5)1(6)7/h3-4,11H,5-10,12-13H2,1-2H3;2*(H,6,7). The van der Waals surface area contributed by atoms with E-state index in [4.69, 9.17) is 24.5 Å². The SMILES string of the molecule is CN(C)CCOCc1nnc2n1CCN(Cc1cccs1)CC2.O=C(O)C(F)(F)F.O=C(O)C(F)(F)F. The van der Waals surface area contributed by atoms with Crippen LogP contribution in [-0.2, 0) is 40.4 Å². The molecule has 0 unspecified atom stereocenters. The van der Waals surface area contributed by atoms with Crippen LogP contribution >= 0.6 is 11.3 Å². The van der Waals surface area contributed by atoms with Gasteiger partial charge in [0, 0.05) is 44.0 Å². The number of carboxylic acid groups (broad SMARTS) is 2. The monoisotopic (exact) mass is 563 g/mol. The number of nitrogens with zero attached hydrogens (tertiary/aromatic N) is 5. The van der Waals surface area contributed by atoms with E-state index in [-0.39, 0.29) is 0 Å². The van der Waals surface area contributed by atoms with E-state index >= 15 is 0 Å². The number of alkyl halides is 6. The molecule has 10 nitrogen and oxygen atoms in total. The van der Waals surface area contributed by atoms with Crippen molar-refractivity contribution in [3.63, 3.8) is 0 Å². The van der Waals surface area contributed by atoms with E-state index < -0.39 is 24.3 Å². The third kappa shape index (κ3) is 12.9. The van der Waals surface area contributed by atoms with Crippen molar-refractivity contribution in [2.24, 2.45) is 0 Å². The van der Waals surface area contributed by atoms with Gasteiger partial charge in [-0.2, -0.15) is 26.3 Å². The molecule has 0 radical (unpaired) electrons. The summed E-state index contributed by atoms with van der Waals surface area (Å²) in [5.41, 5.74) is 0. The number of halogens is 6. The third-order valence-corrected chi connectivity index (χ3v) is 5.42. The summed E-state index contributed by atoms with van der Waals surface area (Å²) in [5, 5.41) is 25.1. The van der Waals surface area contributed by atoms with Gasteiger partial charge in [0.1, 0.15) is 12.4 Å². The van der Waals surface area contributed by atoms with Crippen LogP contribution in [0.5, 0.6) is 0 Å². The average Bonchev–Trinajstić information content (AvgIpc) is 3.37. The minimum Gasteiger partial charge on any atom is -0.475 e. The minimum atomic E-state index is -5.08. The summed E-state index contributed by atoms with van der Waals surface area (Å²) < 4.78 is 71.4. The number of aliphatic carboxylic acids is 2. The normalized spacial score (nSPS) is 14.1. The molecule has 0 spiro atoms. The highest BCUT2D eigenvalue weighted by Gasteiger charge is 2.38. The molecule has 0 aliphatic carbocycles. The van der Waals surface area contributed by atoms with Gasteiger partial charge < -0.3 is 24.4 Å². The fraction of sp³-hybridized carbons (Fsp3) is 0.600. The first-order valence-corrected chi connectivity index (χ1v) is 11.5. The molecule has 0 saturated carbocycles. The van der Waals surface area contributed by atoms with Crippen LogP contribution in [0.2, 0.25) is 0 Å². The Morgan fingerprint density at radius 2 is 1.65 bits per heavy atom. The molecule has 0 atom stereocenters. The quantitative estimate of drug-likeness (QED) is 0.387. The van der Waals surface area contributed by atoms with Gasteiger partial charge in [0.05, 0.1) is 6.61 Å². The molecule has 37 heavy (non-hydrogen) atoms. The maximum atomic E-state index is 10.6. The Morgan fingerprint density at radius 3 is 2.14 bits per heavy atom. The lowest BCUT2D eigenvalue weighted by atomic mass is 10.3. The number of hydrogen-bond donors (Lipinski definition) is 2. The molecule has 0 saturated heterocycles. The summed E-state index contributed by atoms with van der Waals surface area (Å²) in [5.74, 6) is -3.47. The summed E-state index contributed by atoms with van der Waals surface area (Å²) in [6, 6.07) is 4.33. The van der Waals surface area contributed by atoms with Crippen LogP contribution in [0.3, 0.4) is 0 Å². The number of thiophene rings is 1. The Balaban J connectivity index is 0.000000404. The Hall–Kier alpha value is -2.76. The molecule has 0 fully saturated rings. The molecule has 210 valence electrons. The van der Waals surface area contributed by atoms with Crippen LogP contribution in [0.1, 0.15) is 16.5 Å². The smallest absolute Gasteiger partial charge is 0.475 e. The van der Waals surface area contributed by atoms with Crippen molar-refractivity contribution < 1.29 is 50.9 Å². The lowest BCUT2D eigenvalue weighted by molar-refractivity contribution is -0.193. The molecule has 0 aromatic carbocycles. The number of ether oxygens (including phenoxy) is 1. The molecule has 17 heteroatoms. The predicted octanol–water partition coefficient (Wildman–Crippen LogP) is 2.74. The summed E-state index contributed by atoms with van der Waals surface area (Å²) in [4.78, 5) is 23.8. The number of likely N-dealkylation sites (N-methyl/N-ethyl adjacent to an activating group) is 1.